The SMILES string of the molecule is COc1ccc(C#N)cc1CNCC(=O)NC1CC1. The van der Waals surface area contributed by atoms with Crippen molar-refractivity contribution < 1.29 is 9.53 Å². The van der Waals surface area contributed by atoms with Crippen molar-refractivity contribution >= 4 is 5.91 Å². The van der Waals surface area contributed by atoms with Crippen LogP contribution in [0.5, 0.6) is 5.75 Å². The molecule has 1 saturated carbocycles. The van der Waals surface area contributed by atoms with Crippen molar-refractivity contribution in [1.29, 1.82) is 5.26 Å². The Labute approximate surface area is 112 Å². The first-order valence-electron chi connectivity index (χ1n) is 6.30. The number of methoxy groups -OCH3 is 1. The van der Waals surface area contributed by atoms with Crippen molar-refractivity contribution in [3.8, 4) is 11.8 Å². The number of ether oxygens (including phenoxy) is 1. The Balaban J connectivity index is 1.86. The number of amides is 1. The van der Waals surface area contributed by atoms with Gasteiger partial charge in [-0.2, -0.15) is 5.26 Å². The summed E-state index contributed by atoms with van der Waals surface area (Å²) < 4.78 is 5.23. The first kappa shape index (κ1) is 13.4. The van der Waals surface area contributed by atoms with Crippen LogP contribution in [0.3, 0.4) is 0 Å². The van der Waals surface area contributed by atoms with Gasteiger partial charge in [0.05, 0.1) is 25.3 Å². The van der Waals surface area contributed by atoms with E-state index in [-0.39, 0.29) is 12.5 Å². The average Bonchev–Trinajstić information content (AvgIpc) is 3.22. The summed E-state index contributed by atoms with van der Waals surface area (Å²) in [6.07, 6.45) is 2.17. The molecule has 1 aliphatic rings. The average molecular weight is 259 g/mol. The molecule has 0 radical (unpaired) electrons. The second-order valence-electron chi connectivity index (χ2n) is 4.58. The quantitative estimate of drug-likeness (QED) is 0.797. The largest absolute Gasteiger partial charge is 0.496 e. The fourth-order valence-electron chi connectivity index (χ4n) is 1.80. The molecule has 1 aliphatic carbocycles. The number of nitrogens with zero attached hydrogens (tertiary/aromatic N) is 1. The summed E-state index contributed by atoms with van der Waals surface area (Å²) in [7, 11) is 1.59. The molecule has 1 fully saturated rings. The first-order chi connectivity index (χ1) is 9.22. The number of benzene rings is 1. The molecule has 19 heavy (non-hydrogen) atoms. The van der Waals surface area contributed by atoms with Crippen molar-refractivity contribution in [2.75, 3.05) is 13.7 Å². The molecule has 5 nitrogen and oxygen atoms in total. The Morgan fingerprint density at radius 1 is 1.53 bits per heavy atom. The molecule has 0 aromatic heterocycles. The highest BCUT2D eigenvalue weighted by atomic mass is 16.5. The lowest BCUT2D eigenvalue weighted by Crippen LogP contribution is -2.34. The van der Waals surface area contributed by atoms with E-state index in [2.05, 4.69) is 16.7 Å². The van der Waals surface area contributed by atoms with E-state index in [4.69, 9.17) is 10.00 Å². The molecule has 1 aromatic rings. The summed E-state index contributed by atoms with van der Waals surface area (Å²) in [5.41, 5.74) is 1.46. The van der Waals surface area contributed by atoms with E-state index in [9.17, 15) is 4.79 Å². The van der Waals surface area contributed by atoms with Crippen LogP contribution in [-0.4, -0.2) is 25.6 Å². The second kappa shape index (κ2) is 6.21. The topological polar surface area (TPSA) is 74.1 Å². The lowest BCUT2D eigenvalue weighted by molar-refractivity contribution is -0.120. The van der Waals surface area contributed by atoms with Crippen LogP contribution < -0.4 is 15.4 Å². The molecule has 0 unspecified atom stereocenters. The molecule has 0 aliphatic heterocycles. The standard InChI is InChI=1S/C14H17N3O2/c1-19-13-5-2-10(7-15)6-11(13)8-16-9-14(18)17-12-3-4-12/h2,5-6,12,16H,3-4,8-9H2,1H3,(H,17,18). The summed E-state index contributed by atoms with van der Waals surface area (Å²) >= 11 is 0. The van der Waals surface area contributed by atoms with Crippen LogP contribution in [0.4, 0.5) is 0 Å². The number of rotatable bonds is 6. The zero-order valence-corrected chi connectivity index (χ0v) is 10.9. The third-order valence-electron chi connectivity index (χ3n) is 2.95. The van der Waals surface area contributed by atoms with Crippen LogP contribution in [-0.2, 0) is 11.3 Å². The minimum Gasteiger partial charge on any atom is -0.496 e. The van der Waals surface area contributed by atoms with Crippen LogP contribution in [0.1, 0.15) is 24.0 Å². The Morgan fingerprint density at radius 3 is 2.95 bits per heavy atom. The summed E-state index contributed by atoms with van der Waals surface area (Å²) in [4.78, 5) is 11.5. The van der Waals surface area contributed by atoms with E-state index in [1.54, 1.807) is 25.3 Å². The molecule has 0 heterocycles. The molecule has 100 valence electrons. The number of carbonyl (C=O) groups excluding carboxylic acids is 1. The van der Waals surface area contributed by atoms with E-state index in [0.717, 1.165) is 18.4 Å². The minimum atomic E-state index is 0.0119. The fourth-order valence-corrected chi connectivity index (χ4v) is 1.80. The minimum absolute atomic E-state index is 0.0119. The van der Waals surface area contributed by atoms with Crippen molar-refractivity contribution in [2.24, 2.45) is 0 Å². The van der Waals surface area contributed by atoms with Crippen molar-refractivity contribution in [3.63, 3.8) is 0 Å². The van der Waals surface area contributed by atoms with Crippen molar-refractivity contribution in [1.82, 2.24) is 10.6 Å². The van der Waals surface area contributed by atoms with Crippen LogP contribution in [0.2, 0.25) is 0 Å². The maximum absolute atomic E-state index is 11.5. The van der Waals surface area contributed by atoms with Gasteiger partial charge in [-0.25, -0.2) is 0 Å². The Morgan fingerprint density at radius 2 is 2.32 bits per heavy atom. The number of nitriles is 1. The predicted molar refractivity (Wildman–Crippen MR) is 70.6 cm³/mol. The van der Waals surface area contributed by atoms with Gasteiger partial charge >= 0.3 is 0 Å². The van der Waals surface area contributed by atoms with Crippen LogP contribution in [0, 0.1) is 11.3 Å². The Bertz CT molecular complexity index is 504. The van der Waals surface area contributed by atoms with E-state index < -0.39 is 0 Å². The van der Waals surface area contributed by atoms with E-state index in [1.165, 1.54) is 0 Å². The van der Waals surface area contributed by atoms with E-state index >= 15 is 0 Å². The lowest BCUT2D eigenvalue weighted by atomic mass is 10.1. The fraction of sp³-hybridized carbons (Fsp3) is 0.429. The number of carbonyl (C=O) groups is 1. The van der Waals surface area contributed by atoms with Crippen LogP contribution in [0.25, 0.3) is 0 Å². The van der Waals surface area contributed by atoms with Crippen molar-refractivity contribution in [2.45, 2.75) is 25.4 Å². The second-order valence-corrected chi connectivity index (χ2v) is 4.58. The molecular weight excluding hydrogens is 242 g/mol. The molecule has 0 spiro atoms. The molecule has 2 rings (SSSR count). The van der Waals surface area contributed by atoms with Gasteiger partial charge in [-0.05, 0) is 31.0 Å². The van der Waals surface area contributed by atoms with Crippen LogP contribution >= 0.6 is 0 Å². The highest BCUT2D eigenvalue weighted by molar-refractivity contribution is 5.78. The summed E-state index contributed by atoms with van der Waals surface area (Å²) in [5.74, 6) is 0.729. The Hall–Kier alpha value is -2.06. The monoisotopic (exact) mass is 259 g/mol. The highest BCUT2D eigenvalue weighted by Crippen LogP contribution is 2.19. The molecule has 1 aromatic carbocycles. The predicted octanol–water partition coefficient (Wildman–Crippen LogP) is 0.935. The normalized spacial score (nSPS) is 13.7. The number of hydrogen-bond acceptors (Lipinski definition) is 4. The molecule has 5 heteroatoms. The molecule has 0 atom stereocenters. The molecular formula is C14H17N3O2. The van der Waals surface area contributed by atoms with Gasteiger partial charge in [-0.3, -0.25) is 4.79 Å². The smallest absolute Gasteiger partial charge is 0.234 e. The maximum atomic E-state index is 11.5. The van der Waals surface area contributed by atoms with Crippen LogP contribution in [0.15, 0.2) is 18.2 Å². The highest BCUT2D eigenvalue weighted by Gasteiger charge is 2.22. The maximum Gasteiger partial charge on any atom is 0.234 e. The zero-order valence-electron chi connectivity index (χ0n) is 10.9. The third kappa shape index (κ3) is 3.97. The zero-order chi connectivity index (χ0) is 13.7. The van der Waals surface area contributed by atoms with Gasteiger partial charge in [-0.1, -0.05) is 0 Å². The van der Waals surface area contributed by atoms with Gasteiger partial charge in [0.2, 0.25) is 5.91 Å². The number of hydrogen-bond donors (Lipinski definition) is 2. The van der Waals surface area contributed by atoms with E-state index in [1.807, 2.05) is 0 Å². The summed E-state index contributed by atoms with van der Waals surface area (Å²) in [5, 5.41) is 14.8. The molecule has 2 N–H and O–H groups in total. The molecule has 1 amide bonds. The summed E-state index contributed by atoms with van der Waals surface area (Å²) in [6.45, 7) is 0.771. The third-order valence-corrected chi connectivity index (χ3v) is 2.95. The van der Waals surface area contributed by atoms with E-state index in [0.29, 0.717) is 23.9 Å². The summed E-state index contributed by atoms with van der Waals surface area (Å²) in [6, 6.07) is 7.71. The van der Waals surface area contributed by atoms with Gasteiger partial charge in [0, 0.05) is 18.2 Å². The van der Waals surface area contributed by atoms with Gasteiger partial charge in [0.15, 0.2) is 0 Å². The molecule has 0 bridgehead atoms. The first-order valence-corrected chi connectivity index (χ1v) is 6.30. The van der Waals surface area contributed by atoms with Gasteiger partial charge in [-0.15, -0.1) is 0 Å². The Kier molecular flexibility index (Phi) is 4.37. The van der Waals surface area contributed by atoms with Gasteiger partial charge in [0.1, 0.15) is 5.75 Å². The lowest BCUT2D eigenvalue weighted by Gasteiger charge is -2.10. The van der Waals surface area contributed by atoms with Crippen molar-refractivity contribution in [3.05, 3.63) is 29.3 Å². The number of nitrogens with one attached hydrogen (secondary N) is 2. The van der Waals surface area contributed by atoms with Gasteiger partial charge in [0.25, 0.3) is 0 Å². The van der Waals surface area contributed by atoms with Gasteiger partial charge < -0.3 is 15.4 Å². The molecule has 0 saturated heterocycles.